The lowest BCUT2D eigenvalue weighted by molar-refractivity contribution is 0.171. The normalized spacial score (nSPS) is 29.4. The van der Waals surface area contributed by atoms with Crippen molar-refractivity contribution in [2.24, 2.45) is 17.8 Å². The van der Waals surface area contributed by atoms with E-state index in [1.165, 1.54) is 25.5 Å². The molecule has 3 unspecified atom stereocenters. The molecule has 0 saturated heterocycles. The number of nitrogens with one attached hydrogen (secondary N) is 1. The third kappa shape index (κ3) is 7.31. The van der Waals surface area contributed by atoms with Crippen molar-refractivity contribution < 1.29 is 8.42 Å². The molecular weight excluding hydrogens is 258 g/mol. The molecule has 1 fully saturated rings. The Morgan fingerprint density at radius 2 is 1.79 bits per heavy atom. The van der Waals surface area contributed by atoms with Crippen molar-refractivity contribution in [1.82, 2.24) is 5.32 Å². The molecule has 19 heavy (non-hydrogen) atoms. The van der Waals surface area contributed by atoms with Crippen LogP contribution < -0.4 is 5.32 Å². The maximum Gasteiger partial charge on any atom is 0.147 e. The molecule has 1 rings (SSSR count). The molecule has 1 N–H and O–H groups in total. The molecule has 1 saturated carbocycles. The van der Waals surface area contributed by atoms with E-state index in [4.69, 9.17) is 0 Å². The van der Waals surface area contributed by atoms with Crippen LogP contribution in [-0.4, -0.2) is 32.5 Å². The Kier molecular flexibility index (Phi) is 5.87. The third-order valence-corrected chi connectivity index (χ3v) is 5.13. The molecule has 3 atom stereocenters. The molecule has 4 heteroatoms. The SMILES string of the molecule is CC1CCC(CNC(C)(C)C)C(CCS(C)(=O)=O)C1. The van der Waals surface area contributed by atoms with Crippen molar-refractivity contribution in [3.8, 4) is 0 Å². The highest BCUT2D eigenvalue weighted by Crippen LogP contribution is 2.35. The summed E-state index contributed by atoms with van der Waals surface area (Å²) >= 11 is 0. The predicted molar refractivity (Wildman–Crippen MR) is 82.1 cm³/mol. The molecule has 0 aromatic carbocycles. The zero-order valence-electron chi connectivity index (χ0n) is 13.2. The van der Waals surface area contributed by atoms with Crippen molar-refractivity contribution in [3.05, 3.63) is 0 Å². The quantitative estimate of drug-likeness (QED) is 0.846. The van der Waals surface area contributed by atoms with Gasteiger partial charge in [0.05, 0.1) is 5.75 Å². The van der Waals surface area contributed by atoms with E-state index in [1.807, 2.05) is 0 Å². The monoisotopic (exact) mass is 289 g/mol. The summed E-state index contributed by atoms with van der Waals surface area (Å²) in [5, 5.41) is 3.58. The number of hydrogen-bond donors (Lipinski definition) is 1. The minimum absolute atomic E-state index is 0.143. The Hall–Kier alpha value is -0.0900. The summed E-state index contributed by atoms with van der Waals surface area (Å²) in [4.78, 5) is 0. The highest BCUT2D eigenvalue weighted by Gasteiger charge is 2.29. The first-order chi connectivity index (χ1) is 8.57. The van der Waals surface area contributed by atoms with Crippen LogP contribution in [0.4, 0.5) is 0 Å². The van der Waals surface area contributed by atoms with Gasteiger partial charge in [-0.15, -0.1) is 0 Å². The summed E-state index contributed by atoms with van der Waals surface area (Å²) in [6.45, 7) is 9.86. The van der Waals surface area contributed by atoms with E-state index in [2.05, 4.69) is 33.0 Å². The summed E-state index contributed by atoms with van der Waals surface area (Å²) in [7, 11) is -2.83. The van der Waals surface area contributed by atoms with Crippen LogP contribution in [0.1, 0.15) is 53.4 Å². The first kappa shape index (κ1) is 17.0. The Bertz CT molecular complexity index is 370. The molecule has 0 aromatic heterocycles. The van der Waals surface area contributed by atoms with Crippen molar-refractivity contribution in [1.29, 1.82) is 0 Å². The van der Waals surface area contributed by atoms with Gasteiger partial charge < -0.3 is 5.32 Å². The van der Waals surface area contributed by atoms with Crippen LogP contribution in [0.3, 0.4) is 0 Å². The number of hydrogen-bond acceptors (Lipinski definition) is 3. The van der Waals surface area contributed by atoms with Crippen molar-refractivity contribution in [2.45, 2.75) is 58.9 Å². The van der Waals surface area contributed by atoms with E-state index in [1.54, 1.807) is 0 Å². The molecular formula is C15H31NO2S. The highest BCUT2D eigenvalue weighted by molar-refractivity contribution is 7.90. The molecule has 0 spiro atoms. The van der Waals surface area contributed by atoms with Crippen LogP contribution in [0.5, 0.6) is 0 Å². The lowest BCUT2D eigenvalue weighted by Gasteiger charge is -2.37. The highest BCUT2D eigenvalue weighted by atomic mass is 32.2. The van der Waals surface area contributed by atoms with Gasteiger partial charge in [-0.25, -0.2) is 8.42 Å². The molecule has 114 valence electrons. The Balaban J connectivity index is 2.55. The molecule has 0 amide bonds. The fourth-order valence-electron chi connectivity index (χ4n) is 2.99. The minimum atomic E-state index is -2.83. The summed E-state index contributed by atoms with van der Waals surface area (Å²) < 4.78 is 22.7. The van der Waals surface area contributed by atoms with Crippen molar-refractivity contribution in [2.75, 3.05) is 18.6 Å². The average Bonchev–Trinajstić information content (AvgIpc) is 2.22. The largest absolute Gasteiger partial charge is 0.312 e. The second-order valence-electron chi connectivity index (χ2n) is 7.49. The lowest BCUT2D eigenvalue weighted by Crippen LogP contribution is -2.42. The van der Waals surface area contributed by atoms with Gasteiger partial charge in [-0.2, -0.15) is 0 Å². The second kappa shape index (κ2) is 6.57. The molecule has 0 heterocycles. The van der Waals surface area contributed by atoms with Crippen molar-refractivity contribution >= 4 is 9.84 Å². The van der Waals surface area contributed by atoms with E-state index in [9.17, 15) is 8.42 Å². The topological polar surface area (TPSA) is 46.2 Å². The van der Waals surface area contributed by atoms with Crippen molar-refractivity contribution in [3.63, 3.8) is 0 Å². The maximum atomic E-state index is 11.4. The third-order valence-electron chi connectivity index (χ3n) is 4.16. The summed E-state index contributed by atoms with van der Waals surface area (Å²) in [6.07, 6.45) is 5.89. The van der Waals surface area contributed by atoms with Crippen LogP contribution in [0.25, 0.3) is 0 Å². The minimum Gasteiger partial charge on any atom is -0.312 e. The molecule has 0 aromatic rings. The zero-order chi connectivity index (χ0) is 14.7. The predicted octanol–water partition coefficient (Wildman–Crippen LogP) is 2.86. The van der Waals surface area contributed by atoms with E-state index in [-0.39, 0.29) is 5.54 Å². The number of sulfone groups is 1. The van der Waals surface area contributed by atoms with Gasteiger partial charge in [0.25, 0.3) is 0 Å². The zero-order valence-corrected chi connectivity index (χ0v) is 14.0. The molecule has 3 nitrogen and oxygen atoms in total. The molecule has 0 aliphatic heterocycles. The Morgan fingerprint density at radius 1 is 1.16 bits per heavy atom. The second-order valence-corrected chi connectivity index (χ2v) is 9.75. The standard InChI is InChI=1S/C15H31NO2S/c1-12-6-7-14(11-16-15(2,3)4)13(10-12)8-9-19(5,17)18/h12-14,16H,6-11H2,1-5H3. The van der Waals surface area contributed by atoms with Gasteiger partial charge in [0.2, 0.25) is 0 Å². The Labute approximate surface area is 119 Å². The molecule has 1 aliphatic rings. The van der Waals surface area contributed by atoms with E-state index in [0.29, 0.717) is 17.6 Å². The van der Waals surface area contributed by atoms with E-state index in [0.717, 1.165) is 18.9 Å². The van der Waals surface area contributed by atoms with Gasteiger partial charge in [0, 0.05) is 11.8 Å². The van der Waals surface area contributed by atoms with Crippen LogP contribution >= 0.6 is 0 Å². The van der Waals surface area contributed by atoms with Crippen LogP contribution in [0.15, 0.2) is 0 Å². The van der Waals surface area contributed by atoms with Crippen LogP contribution in [-0.2, 0) is 9.84 Å². The Morgan fingerprint density at radius 3 is 2.32 bits per heavy atom. The summed E-state index contributed by atoms with van der Waals surface area (Å²) in [5.41, 5.74) is 0.143. The first-order valence-electron chi connectivity index (χ1n) is 7.49. The summed E-state index contributed by atoms with van der Waals surface area (Å²) in [6, 6.07) is 0. The van der Waals surface area contributed by atoms with E-state index < -0.39 is 9.84 Å². The van der Waals surface area contributed by atoms with Crippen LogP contribution in [0.2, 0.25) is 0 Å². The van der Waals surface area contributed by atoms with Gasteiger partial charge in [0.1, 0.15) is 9.84 Å². The van der Waals surface area contributed by atoms with Gasteiger partial charge in [-0.1, -0.05) is 13.3 Å². The van der Waals surface area contributed by atoms with Gasteiger partial charge >= 0.3 is 0 Å². The van der Waals surface area contributed by atoms with Gasteiger partial charge in [0.15, 0.2) is 0 Å². The maximum absolute atomic E-state index is 11.4. The number of rotatable bonds is 5. The van der Waals surface area contributed by atoms with Gasteiger partial charge in [-0.05, 0) is 64.3 Å². The average molecular weight is 289 g/mol. The lowest BCUT2D eigenvalue weighted by atomic mass is 9.73. The van der Waals surface area contributed by atoms with Gasteiger partial charge in [-0.3, -0.25) is 0 Å². The molecule has 0 radical (unpaired) electrons. The van der Waals surface area contributed by atoms with E-state index >= 15 is 0 Å². The smallest absolute Gasteiger partial charge is 0.147 e. The first-order valence-corrected chi connectivity index (χ1v) is 9.55. The molecule has 1 aliphatic carbocycles. The summed E-state index contributed by atoms with van der Waals surface area (Å²) in [5.74, 6) is 2.29. The fraction of sp³-hybridized carbons (Fsp3) is 1.00. The van der Waals surface area contributed by atoms with Crippen LogP contribution in [0, 0.1) is 17.8 Å². The molecule has 0 bridgehead atoms. The fourth-order valence-corrected chi connectivity index (χ4v) is 3.72.